The Morgan fingerprint density at radius 3 is 2.54 bits per heavy atom. The van der Waals surface area contributed by atoms with Crippen molar-refractivity contribution in [2.24, 2.45) is 11.3 Å². The first-order valence-electron chi connectivity index (χ1n) is 13.0. The second-order valence-electron chi connectivity index (χ2n) is 10.9. The lowest BCUT2D eigenvalue weighted by Gasteiger charge is -2.53. The minimum absolute atomic E-state index is 0.0214. The van der Waals surface area contributed by atoms with Gasteiger partial charge in [0.15, 0.2) is 6.29 Å². The largest absolute Gasteiger partial charge is 0.396 e. The minimum atomic E-state index is -1.16. The number of carbonyl (C=O) groups is 1. The van der Waals surface area contributed by atoms with Gasteiger partial charge in [-0.15, -0.1) is 0 Å². The molecule has 0 aromatic carbocycles. The van der Waals surface area contributed by atoms with Crippen LogP contribution in [0.4, 0.5) is 0 Å². The van der Waals surface area contributed by atoms with Crippen molar-refractivity contribution >= 4 is 6.29 Å². The zero-order chi connectivity index (χ0) is 26.2. The van der Waals surface area contributed by atoms with Gasteiger partial charge in [-0.2, -0.15) is 0 Å². The highest BCUT2D eigenvalue weighted by atomic mass is 16.6. The van der Waals surface area contributed by atoms with Crippen LogP contribution in [0.25, 0.3) is 0 Å². The summed E-state index contributed by atoms with van der Waals surface area (Å²) in [6, 6.07) is 0. The molecule has 1 aliphatic heterocycles. The molecule has 1 saturated carbocycles. The van der Waals surface area contributed by atoms with Crippen LogP contribution in [-0.4, -0.2) is 46.2 Å². The average molecular weight is 487 g/mol. The van der Waals surface area contributed by atoms with Gasteiger partial charge in [0.05, 0.1) is 17.1 Å². The highest BCUT2D eigenvalue weighted by molar-refractivity contribution is 5.74. The van der Waals surface area contributed by atoms with Crippen molar-refractivity contribution in [1.29, 1.82) is 0 Å². The van der Waals surface area contributed by atoms with Crippen LogP contribution in [0.1, 0.15) is 86.5 Å². The number of ether oxygens (including phenoxy) is 1. The maximum absolute atomic E-state index is 11.6. The van der Waals surface area contributed by atoms with Gasteiger partial charge in [-0.1, -0.05) is 52.7 Å². The molecule has 5 nitrogen and oxygen atoms in total. The Balaban J connectivity index is 2.26. The first-order valence-corrected chi connectivity index (χ1v) is 13.0. The Morgan fingerprint density at radius 1 is 1.20 bits per heavy atom. The monoisotopic (exact) mass is 486 g/mol. The number of carbonyl (C=O) groups excluding carboxylic acids is 1. The van der Waals surface area contributed by atoms with Gasteiger partial charge in [0.2, 0.25) is 0 Å². The quantitative estimate of drug-likeness (QED) is 0.159. The van der Waals surface area contributed by atoms with E-state index in [0.29, 0.717) is 37.7 Å². The molecule has 2 aliphatic rings. The van der Waals surface area contributed by atoms with Crippen molar-refractivity contribution in [2.75, 3.05) is 6.61 Å². The lowest BCUT2D eigenvalue weighted by atomic mass is 9.53. The Morgan fingerprint density at radius 2 is 1.91 bits per heavy atom. The molecule has 0 bridgehead atoms. The van der Waals surface area contributed by atoms with Crippen LogP contribution >= 0.6 is 0 Å². The second-order valence-corrected chi connectivity index (χ2v) is 10.9. The SMILES string of the molecule is CC(C)=CCC/C(C)=C/C=C/C(C)=C/[C@H]1C[C@@]2(C(O)O1)[C@H](CCCO)/C(=C(\C)C=O)CC[C@]2(C)O. The number of aliphatic hydroxyl groups excluding tert-OH is 2. The summed E-state index contributed by atoms with van der Waals surface area (Å²) in [6.07, 6.45) is 14.5. The standard InChI is InChI=1S/C30H46O5/c1-21(2)10-7-11-22(3)12-8-13-23(4)18-25-19-30(28(33)35-25)27(14-9-17-31)26(24(5)20-32)15-16-29(30,6)34/h8,10,12-13,18,20,25,27-28,31,33-34H,7,9,11,14-17,19H2,1-6H3/b13-8+,22-12+,23-18+,26-24+/t25-,27+,28?,29-,30-/m0/s1. The zero-order valence-electron chi connectivity index (χ0n) is 22.5. The van der Waals surface area contributed by atoms with E-state index in [9.17, 15) is 20.1 Å². The van der Waals surface area contributed by atoms with E-state index in [4.69, 9.17) is 4.74 Å². The van der Waals surface area contributed by atoms with Gasteiger partial charge in [-0.25, -0.2) is 0 Å². The molecule has 0 aromatic rings. The Labute approximate surface area is 212 Å². The topological polar surface area (TPSA) is 87.0 Å². The number of allylic oxidation sites excluding steroid dienone is 9. The van der Waals surface area contributed by atoms with Gasteiger partial charge in [0.1, 0.15) is 6.29 Å². The van der Waals surface area contributed by atoms with E-state index < -0.39 is 17.3 Å². The van der Waals surface area contributed by atoms with Crippen molar-refractivity contribution in [3.05, 3.63) is 58.2 Å². The van der Waals surface area contributed by atoms with Crippen LogP contribution in [0, 0.1) is 11.3 Å². The number of hydrogen-bond acceptors (Lipinski definition) is 5. The van der Waals surface area contributed by atoms with Crippen LogP contribution in [0.15, 0.2) is 58.2 Å². The summed E-state index contributed by atoms with van der Waals surface area (Å²) >= 11 is 0. The number of rotatable bonds is 10. The van der Waals surface area contributed by atoms with Crippen LogP contribution in [0.3, 0.4) is 0 Å². The molecule has 0 radical (unpaired) electrons. The van der Waals surface area contributed by atoms with Crippen molar-refractivity contribution in [3.63, 3.8) is 0 Å². The summed E-state index contributed by atoms with van der Waals surface area (Å²) in [5, 5.41) is 32.3. The van der Waals surface area contributed by atoms with Crippen LogP contribution in [-0.2, 0) is 9.53 Å². The Kier molecular flexibility index (Phi) is 10.9. The molecule has 1 saturated heterocycles. The summed E-state index contributed by atoms with van der Waals surface area (Å²) in [4.78, 5) is 11.6. The molecule has 3 N–H and O–H groups in total. The lowest BCUT2D eigenvalue weighted by Crippen LogP contribution is -2.58. The number of hydrogen-bond donors (Lipinski definition) is 3. The van der Waals surface area contributed by atoms with E-state index in [2.05, 4.69) is 32.9 Å². The van der Waals surface area contributed by atoms with Gasteiger partial charge >= 0.3 is 0 Å². The molecular formula is C30H46O5. The summed E-state index contributed by atoms with van der Waals surface area (Å²) in [5.74, 6) is -0.237. The highest BCUT2D eigenvalue weighted by Crippen LogP contribution is 2.60. The first-order chi connectivity index (χ1) is 16.5. The lowest BCUT2D eigenvalue weighted by molar-refractivity contribution is -0.219. The maximum atomic E-state index is 11.6. The third-order valence-corrected chi connectivity index (χ3v) is 7.82. The van der Waals surface area contributed by atoms with Crippen molar-refractivity contribution in [3.8, 4) is 0 Å². The van der Waals surface area contributed by atoms with E-state index in [0.717, 1.165) is 30.3 Å². The summed E-state index contributed by atoms with van der Waals surface area (Å²) < 4.78 is 6.03. The van der Waals surface area contributed by atoms with Gasteiger partial charge in [0, 0.05) is 6.61 Å². The molecule has 1 spiro atoms. The van der Waals surface area contributed by atoms with Crippen LogP contribution < -0.4 is 0 Å². The second kappa shape index (κ2) is 13.0. The van der Waals surface area contributed by atoms with E-state index >= 15 is 0 Å². The van der Waals surface area contributed by atoms with E-state index in [1.165, 1.54) is 11.1 Å². The predicted molar refractivity (Wildman–Crippen MR) is 142 cm³/mol. The van der Waals surface area contributed by atoms with E-state index in [1.807, 2.05) is 25.2 Å². The fourth-order valence-electron chi connectivity index (χ4n) is 5.80. The van der Waals surface area contributed by atoms with Gasteiger partial charge < -0.3 is 20.1 Å². The fraction of sp³-hybridized carbons (Fsp3) is 0.633. The molecular weight excluding hydrogens is 440 g/mol. The maximum Gasteiger partial charge on any atom is 0.164 e. The van der Waals surface area contributed by atoms with E-state index in [-0.39, 0.29) is 18.6 Å². The fourth-order valence-corrected chi connectivity index (χ4v) is 5.80. The molecule has 0 aromatic heterocycles. The first kappa shape index (κ1) is 29.4. The molecule has 2 fully saturated rings. The van der Waals surface area contributed by atoms with E-state index in [1.54, 1.807) is 13.8 Å². The van der Waals surface area contributed by atoms with Crippen molar-refractivity contribution in [2.45, 2.75) is 104 Å². The molecule has 1 aliphatic carbocycles. The predicted octanol–water partition coefficient (Wildman–Crippen LogP) is 5.72. The normalized spacial score (nSPS) is 33.5. The highest BCUT2D eigenvalue weighted by Gasteiger charge is 2.64. The third-order valence-electron chi connectivity index (χ3n) is 7.82. The van der Waals surface area contributed by atoms with Gasteiger partial charge in [-0.05, 0) is 98.0 Å². The molecule has 35 heavy (non-hydrogen) atoms. The zero-order valence-corrected chi connectivity index (χ0v) is 22.5. The minimum Gasteiger partial charge on any atom is -0.396 e. The molecule has 1 unspecified atom stereocenters. The molecule has 0 amide bonds. The Bertz CT molecular complexity index is 884. The summed E-state index contributed by atoms with van der Waals surface area (Å²) in [6.45, 7) is 12.0. The molecule has 5 heteroatoms. The third kappa shape index (κ3) is 7.13. The summed E-state index contributed by atoms with van der Waals surface area (Å²) in [5.41, 5.74) is 3.20. The average Bonchev–Trinajstić information content (AvgIpc) is 3.10. The Hall–Kier alpha value is -1.79. The van der Waals surface area contributed by atoms with Crippen molar-refractivity contribution in [1.82, 2.24) is 0 Å². The summed E-state index contributed by atoms with van der Waals surface area (Å²) in [7, 11) is 0. The smallest absolute Gasteiger partial charge is 0.164 e. The molecule has 5 atom stereocenters. The van der Waals surface area contributed by atoms with Crippen LogP contribution in [0.2, 0.25) is 0 Å². The number of aliphatic hydroxyl groups is 3. The van der Waals surface area contributed by atoms with Gasteiger partial charge in [-0.3, -0.25) is 4.79 Å². The van der Waals surface area contributed by atoms with Gasteiger partial charge in [0.25, 0.3) is 0 Å². The molecule has 2 rings (SSSR count). The van der Waals surface area contributed by atoms with Crippen LogP contribution in [0.5, 0.6) is 0 Å². The van der Waals surface area contributed by atoms with Crippen molar-refractivity contribution < 1.29 is 24.9 Å². The molecule has 1 heterocycles. The molecule has 196 valence electrons. The number of aldehydes is 1.